The van der Waals surface area contributed by atoms with Crippen molar-refractivity contribution >= 4 is 29.7 Å². The lowest BCUT2D eigenvalue weighted by Crippen LogP contribution is -2.30. The first-order valence-electron chi connectivity index (χ1n) is 4.85. The summed E-state index contributed by atoms with van der Waals surface area (Å²) >= 11 is 5.53. The summed E-state index contributed by atoms with van der Waals surface area (Å²) < 4.78 is 13.6. The summed E-state index contributed by atoms with van der Waals surface area (Å²) in [6.45, 7) is 2.99. The van der Waals surface area contributed by atoms with E-state index in [-0.39, 0.29) is 11.0 Å². The molecule has 0 aliphatic heterocycles. The van der Waals surface area contributed by atoms with Gasteiger partial charge in [0.1, 0.15) is 5.82 Å². The fourth-order valence-corrected chi connectivity index (χ4v) is 1.67. The first-order valence-corrected chi connectivity index (χ1v) is 5.23. The van der Waals surface area contributed by atoms with Crippen LogP contribution in [0.25, 0.3) is 0 Å². The van der Waals surface area contributed by atoms with Gasteiger partial charge < -0.3 is 15.3 Å². The molecule has 0 bridgehead atoms. The van der Waals surface area contributed by atoms with Gasteiger partial charge in [0.2, 0.25) is 0 Å². The number of benzene rings is 1. The van der Waals surface area contributed by atoms with E-state index in [2.05, 4.69) is 5.16 Å². The van der Waals surface area contributed by atoms with Gasteiger partial charge in [-0.2, -0.15) is 0 Å². The van der Waals surface area contributed by atoms with Gasteiger partial charge in [0, 0.05) is 0 Å². The molecule has 0 fully saturated rings. The van der Waals surface area contributed by atoms with Crippen LogP contribution in [-0.2, 0) is 5.60 Å². The SMILES string of the molecule is CC(C)(O)c1cc(C(Cl)=NO)c(F)cc1BO. The zero-order valence-corrected chi connectivity index (χ0v) is 10.2. The Kier molecular flexibility index (Phi) is 4.14. The van der Waals surface area contributed by atoms with Crippen molar-refractivity contribution in [1.29, 1.82) is 0 Å². The number of halogens is 2. The van der Waals surface area contributed by atoms with Gasteiger partial charge in [-0.15, -0.1) is 0 Å². The Morgan fingerprint density at radius 3 is 2.47 bits per heavy atom. The summed E-state index contributed by atoms with van der Waals surface area (Å²) in [7, 11) is -0.412. The number of hydrogen-bond acceptors (Lipinski definition) is 4. The largest absolute Gasteiger partial charge is 0.449 e. The minimum absolute atomic E-state index is 0.136. The molecule has 0 radical (unpaired) electrons. The second kappa shape index (κ2) is 5.04. The average molecular weight is 259 g/mol. The Balaban J connectivity index is 3.49. The van der Waals surface area contributed by atoms with Crippen molar-refractivity contribution in [1.82, 2.24) is 0 Å². The van der Waals surface area contributed by atoms with Crippen LogP contribution in [0, 0.1) is 5.82 Å². The first kappa shape index (κ1) is 14.0. The molecule has 0 saturated heterocycles. The minimum Gasteiger partial charge on any atom is -0.449 e. The monoisotopic (exact) mass is 259 g/mol. The zero-order chi connectivity index (χ0) is 13.2. The third-order valence-corrected chi connectivity index (χ3v) is 2.61. The van der Waals surface area contributed by atoms with Gasteiger partial charge in [-0.25, -0.2) is 4.39 Å². The maximum absolute atomic E-state index is 13.6. The predicted octanol–water partition coefficient (Wildman–Crippen LogP) is 0.397. The fraction of sp³-hybridized carbons (Fsp3) is 0.300. The fourth-order valence-electron chi connectivity index (χ4n) is 1.53. The zero-order valence-electron chi connectivity index (χ0n) is 9.41. The Hall–Kier alpha value is -1.11. The maximum atomic E-state index is 13.6. The molecule has 1 aromatic rings. The minimum atomic E-state index is -1.27. The van der Waals surface area contributed by atoms with E-state index in [4.69, 9.17) is 21.8 Å². The van der Waals surface area contributed by atoms with Gasteiger partial charge in [0.15, 0.2) is 5.17 Å². The lowest BCUT2D eigenvalue weighted by molar-refractivity contribution is 0.0795. The smallest absolute Gasteiger partial charge is 0.305 e. The van der Waals surface area contributed by atoms with Crippen molar-refractivity contribution < 1.29 is 19.7 Å². The number of nitrogens with zero attached hydrogens (tertiary/aromatic N) is 1. The van der Waals surface area contributed by atoms with Crippen LogP contribution in [0.3, 0.4) is 0 Å². The van der Waals surface area contributed by atoms with Gasteiger partial charge in [0.25, 0.3) is 0 Å². The van der Waals surface area contributed by atoms with Crippen LogP contribution in [-0.4, -0.2) is 28.0 Å². The summed E-state index contributed by atoms with van der Waals surface area (Å²) in [6.07, 6.45) is 0. The highest BCUT2D eigenvalue weighted by atomic mass is 35.5. The molecule has 1 rings (SSSR count). The molecule has 0 aliphatic rings. The van der Waals surface area contributed by atoms with Gasteiger partial charge in [-0.1, -0.05) is 16.8 Å². The predicted molar refractivity (Wildman–Crippen MR) is 64.8 cm³/mol. The highest BCUT2D eigenvalue weighted by Gasteiger charge is 2.23. The molecule has 3 N–H and O–H groups in total. The molecule has 0 amide bonds. The Labute approximate surface area is 104 Å². The van der Waals surface area contributed by atoms with Crippen molar-refractivity contribution in [3.05, 3.63) is 29.1 Å². The summed E-state index contributed by atoms with van der Waals surface area (Å²) in [5, 5.41) is 29.8. The normalized spacial score (nSPS) is 12.7. The van der Waals surface area contributed by atoms with Crippen LogP contribution in [0.1, 0.15) is 25.0 Å². The highest BCUT2D eigenvalue weighted by Crippen LogP contribution is 2.21. The Morgan fingerprint density at radius 2 is 2.06 bits per heavy atom. The van der Waals surface area contributed by atoms with Crippen molar-refractivity contribution in [3.63, 3.8) is 0 Å². The van der Waals surface area contributed by atoms with Gasteiger partial charge >= 0.3 is 7.48 Å². The molecule has 4 nitrogen and oxygen atoms in total. The number of rotatable bonds is 3. The summed E-state index contributed by atoms with van der Waals surface area (Å²) in [4.78, 5) is 0. The molecule has 0 aliphatic carbocycles. The number of hydrogen-bond donors (Lipinski definition) is 3. The van der Waals surface area contributed by atoms with E-state index < -0.39 is 24.1 Å². The molecular weight excluding hydrogens is 247 g/mol. The van der Waals surface area contributed by atoms with Crippen molar-refractivity contribution in [2.45, 2.75) is 19.4 Å². The molecular formula is C10H12BClFNO3. The van der Waals surface area contributed by atoms with Gasteiger partial charge in [-0.3, -0.25) is 0 Å². The molecule has 0 saturated carbocycles. The molecule has 92 valence electrons. The lowest BCUT2D eigenvalue weighted by Gasteiger charge is -2.22. The Bertz CT molecular complexity index is 460. The molecule has 0 heterocycles. The summed E-state index contributed by atoms with van der Waals surface area (Å²) in [5.74, 6) is -0.732. The first-order chi connectivity index (χ1) is 7.81. The second-order valence-electron chi connectivity index (χ2n) is 4.10. The van der Waals surface area contributed by atoms with Crippen LogP contribution in [0.15, 0.2) is 17.3 Å². The van der Waals surface area contributed by atoms with E-state index in [1.54, 1.807) is 0 Å². The van der Waals surface area contributed by atoms with Crippen LogP contribution in [0.4, 0.5) is 4.39 Å². The van der Waals surface area contributed by atoms with Crippen LogP contribution >= 0.6 is 11.6 Å². The van der Waals surface area contributed by atoms with Crippen molar-refractivity contribution in [2.75, 3.05) is 0 Å². The van der Waals surface area contributed by atoms with E-state index >= 15 is 0 Å². The summed E-state index contributed by atoms with van der Waals surface area (Å²) in [6, 6.07) is 2.30. The van der Waals surface area contributed by atoms with Crippen molar-refractivity contribution in [3.8, 4) is 0 Å². The summed E-state index contributed by atoms with van der Waals surface area (Å²) in [5.41, 5.74) is -0.838. The Morgan fingerprint density at radius 1 is 1.47 bits per heavy atom. The van der Waals surface area contributed by atoms with E-state index in [1.807, 2.05) is 0 Å². The second-order valence-corrected chi connectivity index (χ2v) is 4.46. The van der Waals surface area contributed by atoms with Crippen molar-refractivity contribution in [2.24, 2.45) is 5.16 Å². The van der Waals surface area contributed by atoms with E-state index in [1.165, 1.54) is 19.9 Å². The molecule has 0 spiro atoms. The van der Waals surface area contributed by atoms with E-state index in [9.17, 15) is 9.50 Å². The molecule has 0 aromatic heterocycles. The molecule has 0 atom stereocenters. The molecule has 1 aromatic carbocycles. The standard InChI is InChI=1S/C10H12BClFNO3/c1-10(2,15)6-3-5(9(12)14-17)8(13)4-7(6)11-16/h3-4,11,15-17H,1-2H3. The molecule has 0 unspecified atom stereocenters. The number of aliphatic hydroxyl groups is 1. The topological polar surface area (TPSA) is 73.1 Å². The third kappa shape index (κ3) is 2.97. The average Bonchev–Trinajstić information content (AvgIpc) is 2.25. The quantitative estimate of drug-likeness (QED) is 0.318. The maximum Gasteiger partial charge on any atom is 0.305 e. The van der Waals surface area contributed by atoms with E-state index in [0.717, 1.165) is 6.07 Å². The van der Waals surface area contributed by atoms with Crippen LogP contribution < -0.4 is 5.46 Å². The lowest BCUT2D eigenvalue weighted by atomic mass is 9.78. The molecule has 17 heavy (non-hydrogen) atoms. The van der Waals surface area contributed by atoms with Gasteiger partial charge in [0.05, 0.1) is 11.2 Å². The van der Waals surface area contributed by atoms with Crippen LogP contribution in [0.5, 0.6) is 0 Å². The number of oxime groups is 1. The van der Waals surface area contributed by atoms with Gasteiger partial charge in [-0.05, 0) is 37.0 Å². The highest BCUT2D eigenvalue weighted by molar-refractivity contribution is 6.69. The third-order valence-electron chi connectivity index (χ3n) is 2.33. The molecule has 7 heteroatoms. The van der Waals surface area contributed by atoms with Crippen LogP contribution in [0.2, 0.25) is 0 Å². The van der Waals surface area contributed by atoms with E-state index in [0.29, 0.717) is 5.56 Å².